The summed E-state index contributed by atoms with van der Waals surface area (Å²) in [5, 5.41) is 0.125. The van der Waals surface area contributed by atoms with Crippen molar-refractivity contribution < 1.29 is 17.6 Å². The number of nitrogens with one attached hydrogen (secondary N) is 1. The first-order valence-corrected chi connectivity index (χ1v) is 4.08. The Morgan fingerprint density at radius 3 is 2.60 bits per heavy atom. The fourth-order valence-corrected chi connectivity index (χ4v) is 1.35. The quantitative estimate of drug-likeness (QED) is 0.736. The number of rotatable bonds is 0. The molecule has 0 aliphatic rings. The van der Waals surface area contributed by atoms with E-state index < -0.39 is 17.6 Å². The van der Waals surface area contributed by atoms with Crippen LogP contribution in [0, 0.1) is 6.92 Å². The maximum absolute atomic E-state index is 12.3. The minimum Gasteiger partial charge on any atom is -0.418 e. The van der Waals surface area contributed by atoms with E-state index in [1.54, 1.807) is 6.92 Å². The van der Waals surface area contributed by atoms with Gasteiger partial charge in [0.2, 0.25) is 5.76 Å². The molecule has 0 saturated heterocycles. The summed E-state index contributed by atoms with van der Waals surface area (Å²) in [6.07, 6.45) is -4.65. The maximum atomic E-state index is 12.3. The Labute approximate surface area is 81.5 Å². The molecule has 2 aromatic heterocycles. The van der Waals surface area contributed by atoms with Crippen LogP contribution in [-0.4, -0.2) is 4.98 Å². The Balaban J connectivity index is 2.78. The molecule has 1 N–H and O–H groups in total. The summed E-state index contributed by atoms with van der Waals surface area (Å²) in [6, 6.07) is 2.23. The van der Waals surface area contributed by atoms with Gasteiger partial charge < -0.3 is 9.40 Å². The number of aromatic amines is 1. The molecule has 0 spiro atoms. The number of alkyl halides is 3. The second-order valence-corrected chi connectivity index (χ2v) is 3.18. The van der Waals surface area contributed by atoms with Crippen LogP contribution >= 0.6 is 0 Å². The number of aryl methyl sites for hydroxylation is 1. The van der Waals surface area contributed by atoms with Crippen LogP contribution < -0.4 is 5.63 Å². The van der Waals surface area contributed by atoms with E-state index in [0.29, 0.717) is 5.69 Å². The fraction of sp³-hybridized carbons (Fsp3) is 0.222. The Morgan fingerprint density at radius 1 is 1.33 bits per heavy atom. The Bertz CT molecular complexity index is 565. The molecule has 0 saturated carbocycles. The minimum atomic E-state index is -4.65. The number of hydrogen-bond acceptors (Lipinski definition) is 2. The average molecular weight is 217 g/mol. The summed E-state index contributed by atoms with van der Waals surface area (Å²) in [5.41, 5.74) is -0.239. The smallest absolute Gasteiger partial charge is 0.418 e. The van der Waals surface area contributed by atoms with E-state index in [-0.39, 0.29) is 10.9 Å². The lowest BCUT2D eigenvalue weighted by Crippen LogP contribution is -2.10. The summed E-state index contributed by atoms with van der Waals surface area (Å²) >= 11 is 0. The Hall–Kier alpha value is -1.72. The predicted octanol–water partition coefficient (Wildman–Crippen LogP) is 2.45. The van der Waals surface area contributed by atoms with Gasteiger partial charge in [-0.2, -0.15) is 13.2 Å². The molecule has 2 rings (SSSR count). The molecular formula is C9H6F3NO2. The zero-order chi connectivity index (χ0) is 11.2. The largest absolute Gasteiger partial charge is 0.449 e. The van der Waals surface area contributed by atoms with Crippen molar-refractivity contribution in [1.29, 1.82) is 0 Å². The van der Waals surface area contributed by atoms with E-state index in [4.69, 9.17) is 0 Å². The van der Waals surface area contributed by atoms with Gasteiger partial charge in [-0.15, -0.1) is 0 Å². The zero-order valence-electron chi connectivity index (χ0n) is 7.61. The number of hydrogen-bond donors (Lipinski definition) is 1. The molecule has 0 unspecified atom stereocenters. The summed E-state index contributed by atoms with van der Waals surface area (Å²) in [5.74, 6) is -1.29. The van der Waals surface area contributed by atoms with Crippen LogP contribution in [0.4, 0.5) is 13.2 Å². The van der Waals surface area contributed by atoms with Crippen LogP contribution in [0.3, 0.4) is 0 Å². The van der Waals surface area contributed by atoms with Gasteiger partial charge in [0.25, 0.3) is 0 Å². The summed E-state index contributed by atoms with van der Waals surface area (Å²) < 4.78 is 40.9. The predicted molar refractivity (Wildman–Crippen MR) is 46.6 cm³/mol. The van der Waals surface area contributed by atoms with Crippen LogP contribution in [0.2, 0.25) is 0 Å². The van der Waals surface area contributed by atoms with E-state index in [1.165, 1.54) is 6.07 Å². The lowest BCUT2D eigenvalue weighted by Gasteiger charge is -2.03. The van der Waals surface area contributed by atoms with E-state index in [0.717, 1.165) is 6.07 Å². The van der Waals surface area contributed by atoms with Gasteiger partial charge in [0.05, 0.1) is 10.9 Å². The second-order valence-electron chi connectivity index (χ2n) is 3.18. The van der Waals surface area contributed by atoms with Crippen LogP contribution in [0.5, 0.6) is 0 Å². The van der Waals surface area contributed by atoms with Crippen LogP contribution in [0.25, 0.3) is 10.9 Å². The molecule has 0 aliphatic heterocycles. The van der Waals surface area contributed by atoms with Gasteiger partial charge in [-0.05, 0) is 13.0 Å². The third-order valence-corrected chi connectivity index (χ3v) is 1.96. The Morgan fingerprint density at radius 2 is 2.00 bits per heavy atom. The third kappa shape index (κ3) is 1.62. The maximum Gasteiger partial charge on any atom is 0.449 e. The lowest BCUT2D eigenvalue weighted by molar-refractivity contribution is -0.154. The number of H-pyrrole nitrogens is 1. The average Bonchev–Trinajstić information content (AvgIpc) is 2.44. The van der Waals surface area contributed by atoms with Crippen molar-refractivity contribution in [3.05, 3.63) is 34.0 Å². The van der Waals surface area contributed by atoms with Gasteiger partial charge >= 0.3 is 11.8 Å². The van der Waals surface area contributed by atoms with Crippen molar-refractivity contribution in [3.63, 3.8) is 0 Å². The molecule has 0 fully saturated rings. The first-order chi connectivity index (χ1) is 6.88. The van der Waals surface area contributed by atoms with E-state index in [9.17, 15) is 18.0 Å². The molecule has 6 heteroatoms. The molecule has 80 valence electrons. The standard InChI is InChI=1S/C9H6F3NO2/c1-4-2-5-6(13-4)3-7(9(10,11)12)15-8(5)14/h2-3,13H,1H3. The molecule has 15 heavy (non-hydrogen) atoms. The third-order valence-electron chi connectivity index (χ3n) is 1.96. The second kappa shape index (κ2) is 2.88. The zero-order valence-corrected chi connectivity index (χ0v) is 7.61. The van der Waals surface area contributed by atoms with Gasteiger partial charge in [-0.3, -0.25) is 0 Å². The van der Waals surface area contributed by atoms with Gasteiger partial charge in [-0.1, -0.05) is 0 Å². The number of fused-ring (bicyclic) bond motifs is 1. The summed E-state index contributed by atoms with van der Waals surface area (Å²) in [7, 11) is 0. The summed E-state index contributed by atoms with van der Waals surface area (Å²) in [4.78, 5) is 13.8. The first-order valence-electron chi connectivity index (χ1n) is 4.08. The molecular weight excluding hydrogens is 211 g/mol. The lowest BCUT2D eigenvalue weighted by atomic mass is 10.3. The van der Waals surface area contributed by atoms with Crippen LogP contribution in [0.15, 0.2) is 21.3 Å². The molecule has 0 bridgehead atoms. The van der Waals surface area contributed by atoms with Crippen molar-refractivity contribution in [2.75, 3.05) is 0 Å². The van der Waals surface area contributed by atoms with Crippen LogP contribution in [0.1, 0.15) is 11.5 Å². The fourth-order valence-electron chi connectivity index (χ4n) is 1.35. The molecule has 3 nitrogen and oxygen atoms in total. The van der Waals surface area contributed by atoms with Crippen molar-refractivity contribution in [2.24, 2.45) is 0 Å². The van der Waals surface area contributed by atoms with Crippen LogP contribution in [-0.2, 0) is 6.18 Å². The van der Waals surface area contributed by atoms with E-state index in [1.807, 2.05) is 0 Å². The van der Waals surface area contributed by atoms with E-state index >= 15 is 0 Å². The molecule has 0 aromatic carbocycles. The SMILES string of the molecule is Cc1cc2c(=O)oc(C(F)(F)F)cc2[nH]1. The molecule has 0 atom stereocenters. The number of aromatic nitrogens is 1. The number of halogens is 3. The monoisotopic (exact) mass is 217 g/mol. The highest BCUT2D eigenvalue weighted by molar-refractivity contribution is 5.79. The van der Waals surface area contributed by atoms with Crippen molar-refractivity contribution >= 4 is 10.9 Å². The normalized spacial score (nSPS) is 12.3. The van der Waals surface area contributed by atoms with Crippen molar-refractivity contribution in [3.8, 4) is 0 Å². The molecule has 0 radical (unpaired) electrons. The van der Waals surface area contributed by atoms with Crippen molar-refractivity contribution in [1.82, 2.24) is 4.98 Å². The van der Waals surface area contributed by atoms with E-state index in [2.05, 4.69) is 9.40 Å². The molecule has 2 aromatic rings. The first kappa shape index (κ1) is 9.82. The molecule has 0 aliphatic carbocycles. The Kier molecular flexibility index (Phi) is 1.89. The highest BCUT2D eigenvalue weighted by atomic mass is 19.4. The van der Waals surface area contributed by atoms with Crippen molar-refractivity contribution in [2.45, 2.75) is 13.1 Å². The summed E-state index contributed by atoms with van der Waals surface area (Å²) in [6.45, 7) is 1.65. The van der Waals surface area contributed by atoms with Gasteiger partial charge in [0, 0.05) is 11.8 Å². The topological polar surface area (TPSA) is 46.0 Å². The van der Waals surface area contributed by atoms with Gasteiger partial charge in [0.1, 0.15) is 0 Å². The minimum absolute atomic E-state index is 0.125. The van der Waals surface area contributed by atoms with Gasteiger partial charge in [0.15, 0.2) is 0 Å². The molecule has 0 amide bonds. The highest BCUT2D eigenvalue weighted by Gasteiger charge is 2.35. The molecule has 2 heterocycles. The van der Waals surface area contributed by atoms with Gasteiger partial charge in [-0.25, -0.2) is 4.79 Å². The highest BCUT2D eigenvalue weighted by Crippen LogP contribution is 2.29.